The topological polar surface area (TPSA) is 23.5 Å². The van der Waals surface area contributed by atoms with Gasteiger partial charge < -0.3 is 10.0 Å². The fourth-order valence-electron chi connectivity index (χ4n) is 2.48. The third kappa shape index (κ3) is 2.03. The molecule has 0 unspecified atom stereocenters. The lowest BCUT2D eigenvalue weighted by molar-refractivity contribution is 0.282. The Morgan fingerprint density at radius 2 is 2.22 bits per heavy atom. The highest BCUT2D eigenvalue weighted by atomic mass is 35.5. The average Bonchev–Trinajstić information content (AvgIpc) is 2.85. The number of hydrogen-bond acceptors (Lipinski definition) is 3. The van der Waals surface area contributed by atoms with Crippen LogP contribution in [0.3, 0.4) is 0 Å². The van der Waals surface area contributed by atoms with Crippen LogP contribution in [-0.2, 0) is 19.6 Å². The molecule has 2 heterocycles. The molecule has 2 nitrogen and oxygen atoms in total. The van der Waals surface area contributed by atoms with E-state index in [0.29, 0.717) is 0 Å². The summed E-state index contributed by atoms with van der Waals surface area (Å²) in [4.78, 5) is 3.74. The molecule has 0 fully saturated rings. The van der Waals surface area contributed by atoms with Crippen LogP contribution in [0.25, 0.3) is 0 Å². The molecule has 0 aliphatic carbocycles. The molecule has 1 aliphatic heterocycles. The van der Waals surface area contributed by atoms with Gasteiger partial charge in [-0.25, -0.2) is 0 Å². The van der Waals surface area contributed by atoms with Crippen molar-refractivity contribution < 1.29 is 5.11 Å². The molecule has 1 aliphatic rings. The van der Waals surface area contributed by atoms with Gasteiger partial charge in [-0.1, -0.05) is 23.7 Å². The van der Waals surface area contributed by atoms with Gasteiger partial charge in [0.05, 0.1) is 17.3 Å². The standard InChI is InChI=1S/C14H14ClNOS/c15-12-3-1-2-11(9-17)14(12)16-6-4-13-10(8-16)5-7-18-13/h1-3,5,7,17H,4,6,8-9H2. The Morgan fingerprint density at radius 3 is 3.06 bits per heavy atom. The van der Waals surface area contributed by atoms with Gasteiger partial charge in [-0.2, -0.15) is 0 Å². The van der Waals surface area contributed by atoms with Gasteiger partial charge in [0.2, 0.25) is 0 Å². The van der Waals surface area contributed by atoms with E-state index < -0.39 is 0 Å². The first kappa shape index (κ1) is 12.0. The largest absolute Gasteiger partial charge is 0.392 e. The van der Waals surface area contributed by atoms with Gasteiger partial charge in [-0.15, -0.1) is 11.3 Å². The normalized spacial score (nSPS) is 14.7. The number of fused-ring (bicyclic) bond motifs is 1. The summed E-state index contributed by atoms with van der Waals surface area (Å²) in [6.07, 6.45) is 1.06. The monoisotopic (exact) mass is 279 g/mol. The number of para-hydroxylation sites is 1. The molecule has 1 aromatic heterocycles. The fraction of sp³-hybridized carbons (Fsp3) is 0.286. The zero-order valence-electron chi connectivity index (χ0n) is 9.90. The van der Waals surface area contributed by atoms with E-state index in [1.54, 1.807) is 0 Å². The average molecular weight is 280 g/mol. The van der Waals surface area contributed by atoms with Gasteiger partial charge in [-0.05, 0) is 29.5 Å². The van der Waals surface area contributed by atoms with Crippen LogP contribution in [0, 0.1) is 0 Å². The van der Waals surface area contributed by atoms with Crippen LogP contribution in [0.5, 0.6) is 0 Å². The number of benzene rings is 1. The zero-order valence-corrected chi connectivity index (χ0v) is 11.5. The van der Waals surface area contributed by atoms with Gasteiger partial charge in [-0.3, -0.25) is 0 Å². The molecule has 0 spiro atoms. The number of anilines is 1. The van der Waals surface area contributed by atoms with Crippen LogP contribution in [0.4, 0.5) is 5.69 Å². The molecule has 2 aromatic rings. The first-order valence-electron chi connectivity index (χ1n) is 5.98. The molecular formula is C14H14ClNOS. The number of aliphatic hydroxyl groups is 1. The molecule has 4 heteroatoms. The fourth-order valence-corrected chi connectivity index (χ4v) is 3.68. The van der Waals surface area contributed by atoms with Crippen LogP contribution in [0.2, 0.25) is 5.02 Å². The van der Waals surface area contributed by atoms with Crippen molar-refractivity contribution >= 4 is 28.6 Å². The summed E-state index contributed by atoms with van der Waals surface area (Å²) in [7, 11) is 0. The van der Waals surface area contributed by atoms with Crippen molar-refractivity contribution in [1.29, 1.82) is 0 Å². The molecule has 0 radical (unpaired) electrons. The number of nitrogens with zero attached hydrogens (tertiary/aromatic N) is 1. The SMILES string of the molecule is OCc1cccc(Cl)c1N1CCc2sccc2C1. The number of rotatable bonds is 2. The van der Waals surface area contributed by atoms with Crippen LogP contribution < -0.4 is 4.90 Å². The zero-order chi connectivity index (χ0) is 12.5. The quantitative estimate of drug-likeness (QED) is 0.910. The summed E-state index contributed by atoms with van der Waals surface area (Å²) in [5.41, 5.74) is 3.27. The Labute approximate surface area is 115 Å². The Hall–Kier alpha value is -1.03. The maximum absolute atomic E-state index is 9.45. The number of halogens is 1. The van der Waals surface area contributed by atoms with Crippen molar-refractivity contribution in [3.8, 4) is 0 Å². The molecule has 18 heavy (non-hydrogen) atoms. The van der Waals surface area contributed by atoms with Crippen LogP contribution >= 0.6 is 22.9 Å². The van der Waals surface area contributed by atoms with Crippen LogP contribution in [-0.4, -0.2) is 11.7 Å². The summed E-state index contributed by atoms with van der Waals surface area (Å²) < 4.78 is 0. The van der Waals surface area contributed by atoms with Crippen molar-refractivity contribution in [2.24, 2.45) is 0 Å². The van der Waals surface area contributed by atoms with Crippen LogP contribution in [0.1, 0.15) is 16.0 Å². The summed E-state index contributed by atoms with van der Waals surface area (Å²) in [6, 6.07) is 7.89. The molecule has 1 aromatic carbocycles. The highest BCUT2D eigenvalue weighted by Gasteiger charge is 2.21. The molecule has 0 amide bonds. The van der Waals surface area contributed by atoms with Crippen molar-refractivity contribution in [2.45, 2.75) is 19.6 Å². The van der Waals surface area contributed by atoms with E-state index in [1.807, 2.05) is 29.5 Å². The molecule has 0 saturated carbocycles. The molecule has 0 atom stereocenters. The second kappa shape index (κ2) is 4.92. The maximum Gasteiger partial charge on any atom is 0.0702 e. The molecule has 0 saturated heterocycles. The van der Waals surface area contributed by atoms with E-state index in [9.17, 15) is 5.11 Å². The first-order chi connectivity index (χ1) is 8.79. The molecule has 94 valence electrons. The highest BCUT2D eigenvalue weighted by Crippen LogP contribution is 2.34. The van der Waals surface area contributed by atoms with Gasteiger partial charge >= 0.3 is 0 Å². The molecule has 3 rings (SSSR count). The van der Waals surface area contributed by atoms with Gasteiger partial charge in [0.1, 0.15) is 0 Å². The number of aliphatic hydroxyl groups excluding tert-OH is 1. The summed E-state index contributed by atoms with van der Waals surface area (Å²) in [5.74, 6) is 0. The maximum atomic E-state index is 9.45. The predicted molar refractivity (Wildman–Crippen MR) is 76.4 cm³/mol. The van der Waals surface area contributed by atoms with Crippen molar-refractivity contribution in [3.05, 3.63) is 50.7 Å². The van der Waals surface area contributed by atoms with Crippen LogP contribution in [0.15, 0.2) is 29.6 Å². The Bertz CT molecular complexity index is 567. The van der Waals surface area contributed by atoms with E-state index in [-0.39, 0.29) is 6.61 Å². The number of hydrogen-bond donors (Lipinski definition) is 1. The third-order valence-electron chi connectivity index (χ3n) is 3.36. The lowest BCUT2D eigenvalue weighted by Crippen LogP contribution is -2.30. The molecular weight excluding hydrogens is 266 g/mol. The molecule has 0 bridgehead atoms. The van der Waals surface area contributed by atoms with Crippen molar-refractivity contribution in [1.82, 2.24) is 0 Å². The summed E-state index contributed by atoms with van der Waals surface area (Å²) in [6.45, 7) is 1.88. The lowest BCUT2D eigenvalue weighted by atomic mass is 10.1. The smallest absolute Gasteiger partial charge is 0.0702 e. The minimum Gasteiger partial charge on any atom is -0.392 e. The second-order valence-electron chi connectivity index (χ2n) is 4.45. The van der Waals surface area contributed by atoms with Gasteiger partial charge in [0, 0.05) is 23.5 Å². The van der Waals surface area contributed by atoms with Gasteiger partial charge in [0.25, 0.3) is 0 Å². The lowest BCUT2D eigenvalue weighted by Gasteiger charge is -2.31. The molecule has 1 N–H and O–H groups in total. The van der Waals surface area contributed by atoms with E-state index in [0.717, 1.165) is 35.8 Å². The van der Waals surface area contributed by atoms with Gasteiger partial charge in [0.15, 0.2) is 0 Å². The Morgan fingerprint density at radius 1 is 1.33 bits per heavy atom. The summed E-state index contributed by atoms with van der Waals surface area (Å²) in [5, 5.41) is 12.3. The van der Waals surface area contributed by atoms with E-state index >= 15 is 0 Å². The van der Waals surface area contributed by atoms with E-state index in [1.165, 1.54) is 10.4 Å². The Kier molecular flexibility index (Phi) is 3.29. The highest BCUT2D eigenvalue weighted by molar-refractivity contribution is 7.10. The van der Waals surface area contributed by atoms with Crippen molar-refractivity contribution in [2.75, 3.05) is 11.4 Å². The first-order valence-corrected chi connectivity index (χ1v) is 7.24. The van der Waals surface area contributed by atoms with E-state index in [2.05, 4.69) is 16.3 Å². The Balaban J connectivity index is 1.97. The minimum absolute atomic E-state index is 0.0306. The van der Waals surface area contributed by atoms with E-state index in [4.69, 9.17) is 11.6 Å². The predicted octanol–water partition coefficient (Wildman–Crippen LogP) is 3.46. The third-order valence-corrected chi connectivity index (χ3v) is 4.69. The summed E-state index contributed by atoms with van der Waals surface area (Å²) >= 11 is 8.12. The van der Waals surface area contributed by atoms with Crippen molar-refractivity contribution in [3.63, 3.8) is 0 Å². The number of thiophene rings is 1. The second-order valence-corrected chi connectivity index (χ2v) is 5.85. The minimum atomic E-state index is 0.0306.